The Morgan fingerprint density at radius 3 is 2.14 bits per heavy atom. The first-order valence-corrected chi connectivity index (χ1v) is 9.63. The molecular formula is C18H14F5N3O2S. The molecule has 1 N–H and O–H groups in total. The Morgan fingerprint density at radius 1 is 0.931 bits per heavy atom. The van der Waals surface area contributed by atoms with Gasteiger partial charge in [-0.05, 0) is 31.0 Å². The SMILES string of the molecule is Cc1ccc(C)c(S(=O)(=O)Nc2ccn(Cc3c(F)c(F)c(F)c(F)c3F)n2)c1. The maximum Gasteiger partial charge on any atom is 0.263 e. The molecule has 0 saturated heterocycles. The molecule has 29 heavy (non-hydrogen) atoms. The summed E-state index contributed by atoms with van der Waals surface area (Å²) in [5.74, 6) is -10.5. The smallest absolute Gasteiger partial charge is 0.263 e. The molecule has 0 fully saturated rings. The lowest BCUT2D eigenvalue weighted by Gasteiger charge is -2.10. The summed E-state index contributed by atoms with van der Waals surface area (Å²) in [6.45, 7) is 2.53. The number of sulfonamides is 1. The summed E-state index contributed by atoms with van der Waals surface area (Å²) < 4.78 is 95.5. The Balaban J connectivity index is 1.88. The van der Waals surface area contributed by atoms with Crippen LogP contribution in [0.3, 0.4) is 0 Å². The Bertz CT molecular complexity index is 1180. The topological polar surface area (TPSA) is 64.0 Å². The molecule has 1 aromatic heterocycles. The van der Waals surface area contributed by atoms with Gasteiger partial charge in [-0.1, -0.05) is 12.1 Å². The Morgan fingerprint density at radius 2 is 1.52 bits per heavy atom. The molecule has 0 spiro atoms. The standard InChI is InChI=1S/C18H14F5N3O2S/c1-9-3-4-10(2)12(7-9)29(27,28)25-13-5-6-26(24-13)8-11-14(19)16(21)18(23)17(22)15(11)20/h3-7H,8H2,1-2H3,(H,24,25). The van der Waals surface area contributed by atoms with Crippen LogP contribution in [0, 0.1) is 42.9 Å². The molecule has 0 aliphatic carbocycles. The van der Waals surface area contributed by atoms with Crippen molar-refractivity contribution in [2.24, 2.45) is 0 Å². The van der Waals surface area contributed by atoms with Gasteiger partial charge in [-0.3, -0.25) is 9.40 Å². The molecule has 3 rings (SSSR count). The van der Waals surface area contributed by atoms with Gasteiger partial charge < -0.3 is 0 Å². The quantitative estimate of drug-likeness (QED) is 0.377. The zero-order valence-corrected chi connectivity index (χ0v) is 15.9. The van der Waals surface area contributed by atoms with Crippen molar-refractivity contribution >= 4 is 15.8 Å². The van der Waals surface area contributed by atoms with E-state index in [-0.39, 0.29) is 10.7 Å². The fourth-order valence-electron chi connectivity index (χ4n) is 2.64. The van der Waals surface area contributed by atoms with E-state index in [4.69, 9.17) is 0 Å². The van der Waals surface area contributed by atoms with Crippen LogP contribution < -0.4 is 4.72 Å². The maximum atomic E-state index is 13.8. The number of rotatable bonds is 5. The van der Waals surface area contributed by atoms with Gasteiger partial charge in [0, 0.05) is 12.3 Å². The van der Waals surface area contributed by atoms with E-state index in [1.54, 1.807) is 26.0 Å². The first kappa shape index (κ1) is 20.8. The van der Waals surface area contributed by atoms with Gasteiger partial charge in [0.05, 0.1) is 17.0 Å². The minimum atomic E-state index is -4.00. The summed E-state index contributed by atoms with van der Waals surface area (Å²) in [6, 6.07) is 6.02. The third-order valence-corrected chi connectivity index (χ3v) is 5.63. The molecule has 0 atom stereocenters. The largest absolute Gasteiger partial charge is 0.266 e. The summed E-state index contributed by atoms with van der Waals surface area (Å²) in [5.41, 5.74) is 0.116. The van der Waals surface area contributed by atoms with E-state index in [2.05, 4.69) is 9.82 Å². The van der Waals surface area contributed by atoms with Crippen LogP contribution in [0.4, 0.5) is 27.8 Å². The minimum Gasteiger partial charge on any atom is -0.266 e. The molecule has 0 saturated carbocycles. The van der Waals surface area contributed by atoms with Crippen LogP contribution in [0.5, 0.6) is 0 Å². The zero-order chi connectivity index (χ0) is 21.5. The number of benzene rings is 2. The summed E-state index contributed by atoms with van der Waals surface area (Å²) in [5, 5.41) is 3.79. The average molecular weight is 431 g/mol. The minimum absolute atomic E-state index is 0.0202. The summed E-state index contributed by atoms with van der Waals surface area (Å²) >= 11 is 0. The second kappa shape index (κ2) is 7.47. The van der Waals surface area contributed by atoms with Crippen molar-refractivity contribution in [1.82, 2.24) is 9.78 Å². The molecule has 2 aromatic carbocycles. The maximum absolute atomic E-state index is 13.8. The van der Waals surface area contributed by atoms with Crippen molar-refractivity contribution in [1.29, 1.82) is 0 Å². The molecule has 11 heteroatoms. The Labute approximate surface area is 162 Å². The van der Waals surface area contributed by atoms with Gasteiger partial charge in [-0.25, -0.2) is 30.4 Å². The highest BCUT2D eigenvalue weighted by Gasteiger charge is 2.26. The van der Waals surface area contributed by atoms with E-state index in [9.17, 15) is 30.4 Å². The number of aromatic nitrogens is 2. The van der Waals surface area contributed by atoms with Crippen LogP contribution in [0.1, 0.15) is 16.7 Å². The molecule has 5 nitrogen and oxygen atoms in total. The Hall–Kier alpha value is -2.95. The van der Waals surface area contributed by atoms with E-state index >= 15 is 0 Å². The van der Waals surface area contributed by atoms with Gasteiger partial charge in [0.2, 0.25) is 5.82 Å². The number of hydrogen-bond acceptors (Lipinski definition) is 3. The average Bonchev–Trinajstić information content (AvgIpc) is 3.10. The van der Waals surface area contributed by atoms with Crippen LogP contribution >= 0.6 is 0 Å². The number of halogens is 5. The van der Waals surface area contributed by atoms with Crippen molar-refractivity contribution < 1.29 is 30.4 Å². The molecule has 0 amide bonds. The molecule has 3 aromatic rings. The summed E-state index contributed by atoms with van der Waals surface area (Å²) in [6.07, 6.45) is 1.14. The molecular weight excluding hydrogens is 417 g/mol. The van der Waals surface area contributed by atoms with E-state index < -0.39 is 51.2 Å². The lowest BCUT2D eigenvalue weighted by molar-refractivity contribution is 0.367. The van der Waals surface area contributed by atoms with Gasteiger partial charge in [-0.15, -0.1) is 0 Å². The fraction of sp³-hybridized carbons (Fsp3) is 0.167. The highest BCUT2D eigenvalue weighted by Crippen LogP contribution is 2.24. The van der Waals surface area contributed by atoms with E-state index in [1.165, 1.54) is 12.1 Å². The van der Waals surface area contributed by atoms with Crippen molar-refractivity contribution in [3.05, 3.63) is 76.2 Å². The molecule has 0 bridgehead atoms. The van der Waals surface area contributed by atoms with Crippen LogP contribution in [0.2, 0.25) is 0 Å². The van der Waals surface area contributed by atoms with E-state index in [0.717, 1.165) is 10.9 Å². The molecule has 154 valence electrons. The third-order valence-electron chi connectivity index (χ3n) is 4.13. The Kier molecular flexibility index (Phi) is 5.35. The van der Waals surface area contributed by atoms with E-state index in [1.807, 2.05) is 0 Å². The predicted molar refractivity (Wildman–Crippen MR) is 94.3 cm³/mol. The number of anilines is 1. The second-order valence-corrected chi connectivity index (χ2v) is 7.97. The molecule has 1 heterocycles. The van der Waals surface area contributed by atoms with Crippen molar-refractivity contribution in [2.45, 2.75) is 25.3 Å². The van der Waals surface area contributed by atoms with Crippen molar-refractivity contribution in [3.8, 4) is 0 Å². The lowest BCUT2D eigenvalue weighted by Crippen LogP contribution is -2.15. The number of nitrogens with zero attached hydrogens (tertiary/aromatic N) is 2. The van der Waals surface area contributed by atoms with Crippen molar-refractivity contribution in [3.63, 3.8) is 0 Å². The predicted octanol–water partition coefficient (Wildman–Crippen LogP) is 4.04. The van der Waals surface area contributed by atoms with Crippen LogP contribution in [0.25, 0.3) is 0 Å². The van der Waals surface area contributed by atoms with Crippen LogP contribution in [-0.2, 0) is 16.6 Å². The third kappa shape index (κ3) is 3.95. The normalized spacial score (nSPS) is 11.7. The highest BCUT2D eigenvalue weighted by molar-refractivity contribution is 7.92. The van der Waals surface area contributed by atoms with Crippen LogP contribution in [0.15, 0.2) is 35.4 Å². The summed E-state index contributed by atoms with van der Waals surface area (Å²) in [4.78, 5) is 0.0202. The first-order chi connectivity index (χ1) is 13.5. The molecule has 0 unspecified atom stereocenters. The van der Waals surface area contributed by atoms with Gasteiger partial charge >= 0.3 is 0 Å². The fourth-order valence-corrected chi connectivity index (χ4v) is 3.97. The first-order valence-electron chi connectivity index (χ1n) is 8.15. The second-order valence-electron chi connectivity index (χ2n) is 6.32. The van der Waals surface area contributed by atoms with Gasteiger partial charge in [0.25, 0.3) is 10.0 Å². The number of aryl methyl sites for hydroxylation is 2. The van der Waals surface area contributed by atoms with Gasteiger partial charge in [0.15, 0.2) is 29.1 Å². The van der Waals surface area contributed by atoms with Gasteiger partial charge in [-0.2, -0.15) is 5.10 Å². The van der Waals surface area contributed by atoms with Crippen LogP contribution in [-0.4, -0.2) is 18.2 Å². The monoisotopic (exact) mass is 431 g/mol. The van der Waals surface area contributed by atoms with E-state index in [0.29, 0.717) is 11.1 Å². The number of nitrogens with one attached hydrogen (secondary N) is 1. The molecule has 0 aliphatic rings. The van der Waals surface area contributed by atoms with Crippen molar-refractivity contribution in [2.75, 3.05) is 4.72 Å². The number of hydrogen-bond donors (Lipinski definition) is 1. The highest BCUT2D eigenvalue weighted by atomic mass is 32.2. The lowest BCUT2D eigenvalue weighted by atomic mass is 10.1. The zero-order valence-electron chi connectivity index (χ0n) is 15.1. The molecule has 0 radical (unpaired) electrons. The van der Waals surface area contributed by atoms with Gasteiger partial charge in [0.1, 0.15) is 0 Å². The molecule has 0 aliphatic heterocycles. The summed E-state index contributed by atoms with van der Waals surface area (Å²) in [7, 11) is -4.00.